The lowest BCUT2D eigenvalue weighted by molar-refractivity contribution is 0.0237. The number of carbonyl (C=O) groups is 1. The van der Waals surface area contributed by atoms with Crippen LogP contribution in [0.3, 0.4) is 0 Å². The van der Waals surface area contributed by atoms with Crippen molar-refractivity contribution in [1.29, 1.82) is 5.26 Å². The first-order valence-electron chi connectivity index (χ1n) is 19.3. The number of nitriles is 1. The molecule has 0 unspecified atom stereocenters. The molecule has 13 heteroatoms. The third kappa shape index (κ3) is 9.50. The topological polar surface area (TPSA) is 118 Å². The van der Waals surface area contributed by atoms with Crippen LogP contribution in [-0.4, -0.2) is 63.5 Å². The third-order valence-electron chi connectivity index (χ3n) is 10.0. The Balaban J connectivity index is 1.29. The van der Waals surface area contributed by atoms with E-state index in [0.29, 0.717) is 78.9 Å². The van der Waals surface area contributed by atoms with Gasteiger partial charge in [0.15, 0.2) is 17.3 Å². The number of nitrogens with zero attached hydrogens (tertiary/aromatic N) is 7. The third-order valence-corrected chi connectivity index (χ3v) is 10.0. The molecule has 0 saturated carbocycles. The number of anilines is 1. The molecular weight excluding hydrogens is 753 g/mol. The van der Waals surface area contributed by atoms with Gasteiger partial charge in [0.2, 0.25) is 0 Å². The zero-order valence-electron chi connectivity index (χ0n) is 33.7. The molecule has 1 amide bonds. The maximum atomic E-state index is 15.8. The van der Waals surface area contributed by atoms with Crippen molar-refractivity contribution in [2.24, 2.45) is 0 Å². The van der Waals surface area contributed by atoms with E-state index in [9.17, 15) is 10.1 Å². The van der Waals surface area contributed by atoms with Crippen molar-refractivity contribution in [3.05, 3.63) is 142 Å². The van der Waals surface area contributed by atoms with Gasteiger partial charge in [0, 0.05) is 43.7 Å². The van der Waals surface area contributed by atoms with Gasteiger partial charge < -0.3 is 24.0 Å². The van der Waals surface area contributed by atoms with Gasteiger partial charge in [-0.05, 0) is 92.8 Å². The summed E-state index contributed by atoms with van der Waals surface area (Å²) in [5, 5.41) is 14.5. The summed E-state index contributed by atoms with van der Waals surface area (Å²) in [6.07, 6.45) is 4.54. The summed E-state index contributed by atoms with van der Waals surface area (Å²) in [5.41, 5.74) is 4.14. The molecule has 1 aliphatic heterocycles. The lowest BCUT2D eigenvalue weighted by atomic mass is 9.97. The molecular formula is C46H45F2N7O4. The fourth-order valence-corrected chi connectivity index (χ4v) is 6.98. The number of rotatable bonds is 11. The first-order chi connectivity index (χ1) is 28.4. The number of carbonyl (C=O) groups excluding carboxylic acids is 1. The number of hydrogen-bond donors (Lipinski definition) is 0. The highest BCUT2D eigenvalue weighted by molar-refractivity contribution is 5.72. The molecule has 0 spiro atoms. The van der Waals surface area contributed by atoms with Crippen LogP contribution in [-0.2, 0) is 24.2 Å². The summed E-state index contributed by atoms with van der Waals surface area (Å²) in [5.74, 6) is 1.05. The molecule has 302 valence electrons. The lowest BCUT2D eigenvalue weighted by Crippen LogP contribution is -2.40. The van der Waals surface area contributed by atoms with Gasteiger partial charge in [0.25, 0.3) is 0 Å². The monoisotopic (exact) mass is 797 g/mol. The Morgan fingerprint density at radius 3 is 2.10 bits per heavy atom. The second kappa shape index (κ2) is 17.4. The Morgan fingerprint density at radius 1 is 0.881 bits per heavy atom. The molecule has 2 aromatic heterocycles. The van der Waals surface area contributed by atoms with Crippen molar-refractivity contribution in [3.63, 3.8) is 0 Å². The van der Waals surface area contributed by atoms with Gasteiger partial charge in [0.05, 0.1) is 31.7 Å². The predicted molar refractivity (Wildman–Crippen MR) is 221 cm³/mol. The molecule has 59 heavy (non-hydrogen) atoms. The van der Waals surface area contributed by atoms with Gasteiger partial charge >= 0.3 is 6.09 Å². The predicted octanol–water partition coefficient (Wildman–Crippen LogP) is 9.17. The molecule has 0 radical (unpaired) electrons. The lowest BCUT2D eigenvalue weighted by Gasteiger charge is -2.31. The molecule has 1 saturated heterocycles. The Morgan fingerprint density at radius 2 is 1.51 bits per heavy atom. The summed E-state index contributed by atoms with van der Waals surface area (Å²) in [4.78, 5) is 26.4. The highest BCUT2D eigenvalue weighted by atomic mass is 19.1. The maximum Gasteiger partial charge on any atom is 0.410 e. The van der Waals surface area contributed by atoms with Crippen molar-refractivity contribution < 1.29 is 27.8 Å². The molecule has 7 rings (SSSR count). The Hall–Kier alpha value is -6.81. The van der Waals surface area contributed by atoms with E-state index in [1.165, 1.54) is 12.1 Å². The van der Waals surface area contributed by atoms with Crippen LogP contribution in [0.25, 0.3) is 23.0 Å². The number of hydrogen-bond acceptors (Lipinski definition) is 9. The van der Waals surface area contributed by atoms with Gasteiger partial charge in [0.1, 0.15) is 34.8 Å². The second-order valence-electron chi connectivity index (χ2n) is 15.3. The first kappa shape index (κ1) is 40.4. The molecule has 0 N–H and O–H groups in total. The molecule has 0 atom stereocenters. The van der Waals surface area contributed by atoms with Crippen molar-refractivity contribution in [2.45, 2.75) is 58.7 Å². The molecule has 3 heterocycles. The number of piperidine rings is 1. The smallest absolute Gasteiger partial charge is 0.410 e. The van der Waals surface area contributed by atoms with Crippen LogP contribution in [0.2, 0.25) is 0 Å². The summed E-state index contributed by atoms with van der Waals surface area (Å²) in [6.45, 7) is 7.28. The Kier molecular flexibility index (Phi) is 11.9. The quantitative estimate of drug-likeness (QED) is 0.127. The van der Waals surface area contributed by atoms with Crippen LogP contribution >= 0.6 is 0 Å². The van der Waals surface area contributed by atoms with Gasteiger partial charge in [-0.2, -0.15) is 10.4 Å². The zero-order valence-corrected chi connectivity index (χ0v) is 33.7. The fraction of sp³-hybridized carbons (Fsp3) is 0.283. The molecule has 4 aromatic carbocycles. The van der Waals surface area contributed by atoms with Gasteiger partial charge in [-0.25, -0.2) is 28.1 Å². The number of ether oxygens (including phenoxy) is 3. The summed E-state index contributed by atoms with van der Waals surface area (Å²) < 4.78 is 49.5. The van der Waals surface area contributed by atoms with E-state index in [-0.39, 0.29) is 29.3 Å². The zero-order chi connectivity index (χ0) is 41.7. The Labute approximate surface area is 342 Å². The SMILES string of the molecule is COc1ccc(CN(Cc2ccc(OC)cc2)c2nc(-c3cccc(C#N)c3F)cn3nc(Cc4c(F)cccc4C=C4CCN(C(=O)OC(C)(C)C)CC4)nc23)cc1. The van der Waals surface area contributed by atoms with E-state index in [0.717, 1.165) is 16.7 Å². The minimum Gasteiger partial charge on any atom is -0.497 e. The number of fused-ring (bicyclic) bond motifs is 1. The highest BCUT2D eigenvalue weighted by Crippen LogP contribution is 2.31. The fourth-order valence-electron chi connectivity index (χ4n) is 6.98. The minimum atomic E-state index is -0.703. The van der Waals surface area contributed by atoms with E-state index in [4.69, 9.17) is 29.3 Å². The largest absolute Gasteiger partial charge is 0.497 e. The van der Waals surface area contributed by atoms with Crippen LogP contribution in [0.5, 0.6) is 11.5 Å². The number of halogens is 2. The van der Waals surface area contributed by atoms with E-state index < -0.39 is 17.2 Å². The number of aromatic nitrogens is 4. The van der Waals surface area contributed by atoms with Crippen LogP contribution < -0.4 is 14.4 Å². The minimum absolute atomic E-state index is 0.0571. The summed E-state index contributed by atoms with van der Waals surface area (Å²) >= 11 is 0. The summed E-state index contributed by atoms with van der Waals surface area (Å²) in [7, 11) is 3.22. The van der Waals surface area contributed by atoms with Crippen LogP contribution in [0, 0.1) is 23.0 Å². The average molecular weight is 798 g/mol. The van der Waals surface area contributed by atoms with Gasteiger partial charge in [-0.15, -0.1) is 0 Å². The van der Waals surface area contributed by atoms with Crippen molar-refractivity contribution in [2.75, 3.05) is 32.2 Å². The second-order valence-corrected chi connectivity index (χ2v) is 15.3. The first-order valence-corrected chi connectivity index (χ1v) is 19.3. The molecule has 0 aliphatic carbocycles. The number of methoxy groups -OCH3 is 2. The number of benzene rings is 4. The van der Waals surface area contributed by atoms with Crippen molar-refractivity contribution in [1.82, 2.24) is 24.5 Å². The van der Waals surface area contributed by atoms with Gasteiger partial charge in [-0.3, -0.25) is 0 Å². The number of amides is 1. The van der Waals surface area contributed by atoms with Crippen molar-refractivity contribution >= 4 is 23.6 Å². The highest BCUT2D eigenvalue weighted by Gasteiger charge is 2.26. The number of likely N-dealkylation sites (tertiary alicyclic amines) is 1. The van der Waals surface area contributed by atoms with E-state index in [2.05, 4.69) is 0 Å². The van der Waals surface area contributed by atoms with E-state index in [1.54, 1.807) is 48.0 Å². The molecule has 0 bridgehead atoms. The van der Waals surface area contributed by atoms with Gasteiger partial charge in [-0.1, -0.05) is 54.1 Å². The van der Waals surface area contributed by atoms with Crippen LogP contribution in [0.15, 0.2) is 96.7 Å². The van der Waals surface area contributed by atoms with Crippen molar-refractivity contribution in [3.8, 4) is 28.8 Å². The molecule has 11 nitrogen and oxygen atoms in total. The maximum absolute atomic E-state index is 15.8. The van der Waals surface area contributed by atoms with Crippen LogP contribution in [0.1, 0.15) is 67.3 Å². The molecule has 1 fully saturated rings. The van der Waals surface area contributed by atoms with Crippen LogP contribution in [0.4, 0.5) is 19.4 Å². The van der Waals surface area contributed by atoms with E-state index in [1.807, 2.05) is 92.4 Å². The van der Waals surface area contributed by atoms with E-state index >= 15 is 8.78 Å². The normalized spacial score (nSPS) is 12.9. The standard InChI is InChI=1S/C46H45F2N7O4/c1-46(2,3)59-45(56)53-22-20-30(21-23-53)24-33-8-7-11-39(47)38(33)25-41-51-44-43(50-40(29-55(44)52-41)37-10-6-9-34(26-49)42(37)48)54(27-31-12-16-35(57-4)17-13-31)28-32-14-18-36(58-5)19-15-32/h6-19,24,29H,20-23,25,27-28H2,1-5H3. The Bertz CT molecular complexity index is 2480. The molecule has 6 aromatic rings. The average Bonchev–Trinajstić information content (AvgIpc) is 3.64. The summed E-state index contributed by atoms with van der Waals surface area (Å²) in [6, 6.07) is 26.8. The molecule has 1 aliphatic rings.